The Morgan fingerprint density at radius 3 is 0.400 bits per heavy atom. The van der Waals surface area contributed by atoms with Crippen LogP contribution in [0.1, 0.15) is 0 Å². The van der Waals surface area contributed by atoms with Crippen LogP contribution >= 0.6 is 0 Å². The van der Waals surface area contributed by atoms with E-state index in [9.17, 15) is 0 Å². The third-order valence-corrected chi connectivity index (χ3v) is 0. The molecule has 0 amide bonds. The van der Waals surface area contributed by atoms with E-state index in [1.807, 2.05) is 0 Å². The number of rotatable bonds is 0. The predicted molar refractivity (Wildman–Crippen MR) is 29.8 cm³/mol. The molecule has 0 aromatic carbocycles. The second kappa shape index (κ2) is 28.1. The molecule has 0 spiro atoms. The Hall–Kier alpha value is 2.97. The van der Waals surface area contributed by atoms with Gasteiger partial charge in [0.05, 0.1) is 0 Å². The fourth-order valence-electron chi connectivity index (χ4n) is 0. The molecule has 0 N–H and O–H groups in total. The Morgan fingerprint density at radius 2 is 0.400 bits per heavy atom. The van der Waals surface area contributed by atoms with Crippen LogP contribution in [0.15, 0.2) is 0 Å². The summed E-state index contributed by atoms with van der Waals surface area (Å²) in [6.07, 6.45) is 0. The minimum absolute atomic E-state index is 0. The second-order valence-electron chi connectivity index (χ2n) is 0. The summed E-state index contributed by atoms with van der Waals surface area (Å²) in [6.45, 7) is 0. The van der Waals surface area contributed by atoms with Crippen molar-refractivity contribution in [2.45, 2.75) is 0 Å². The van der Waals surface area contributed by atoms with Gasteiger partial charge in [-0.3, -0.25) is 0 Å². The van der Waals surface area contributed by atoms with E-state index < -0.39 is 0 Å². The predicted octanol–water partition coefficient (Wildman–Crippen LogP) is -3.56. The Morgan fingerprint density at radius 1 is 0.400 bits per heavy atom. The van der Waals surface area contributed by atoms with Gasteiger partial charge in [-0.1, -0.05) is 0 Å². The molecule has 0 fully saturated rings. The molecule has 0 rings (SSSR count). The van der Waals surface area contributed by atoms with Gasteiger partial charge >= 0.3 is 0 Å². The van der Waals surface area contributed by atoms with Gasteiger partial charge in [0, 0.05) is 42.1 Å². The van der Waals surface area contributed by atoms with Crippen molar-refractivity contribution in [1.82, 2.24) is 0 Å². The standard InChI is InChI=1S/3Al.2Pt.9H. The van der Waals surface area contributed by atoms with Crippen LogP contribution in [0, 0.1) is 0 Å². The molecule has 0 radical (unpaired) electrons. The zero-order chi connectivity index (χ0) is 0. The van der Waals surface area contributed by atoms with Crippen LogP contribution in [0.3, 0.4) is 0 Å². The van der Waals surface area contributed by atoms with Gasteiger partial charge in [0.15, 0.2) is 52.1 Å². The SMILES string of the molecule is [AlH3].[AlH3].[AlH3].[Pt].[Pt]. The number of hydrogen-bond acceptors (Lipinski definition) is 0. The topological polar surface area (TPSA) is 0 Å². The third kappa shape index (κ3) is 19.5. The summed E-state index contributed by atoms with van der Waals surface area (Å²) in [4.78, 5) is 0. The van der Waals surface area contributed by atoms with E-state index in [2.05, 4.69) is 0 Å². The Labute approximate surface area is 92.8 Å². The summed E-state index contributed by atoms with van der Waals surface area (Å²) in [5, 5.41) is 0. The minimum atomic E-state index is 0. The van der Waals surface area contributed by atoms with Crippen molar-refractivity contribution in [2.24, 2.45) is 0 Å². The zero-order valence-corrected chi connectivity index (χ0v) is 5.18. The summed E-state index contributed by atoms with van der Waals surface area (Å²) in [5.41, 5.74) is 0. The van der Waals surface area contributed by atoms with Crippen molar-refractivity contribution in [2.75, 3.05) is 0 Å². The molecule has 0 nitrogen and oxygen atoms in total. The first-order valence-electron chi connectivity index (χ1n) is 0. The van der Waals surface area contributed by atoms with Gasteiger partial charge in [0.1, 0.15) is 0 Å². The van der Waals surface area contributed by atoms with Crippen LogP contribution in [0.2, 0.25) is 0 Å². The summed E-state index contributed by atoms with van der Waals surface area (Å²) >= 11 is 0. The average molecular weight is 480 g/mol. The van der Waals surface area contributed by atoms with E-state index in [1.54, 1.807) is 0 Å². The first kappa shape index (κ1) is 43.8. The molecule has 0 unspecified atom stereocenters. The molecule has 0 aromatic heterocycles. The maximum atomic E-state index is 0. The molecule has 0 saturated carbocycles. The average Bonchev–Trinajstić information content (AvgIpc) is 0. The quantitative estimate of drug-likeness (QED) is 0.316. The van der Waals surface area contributed by atoms with Gasteiger partial charge in [-0.2, -0.15) is 0 Å². The molecule has 0 aliphatic heterocycles. The minimum Gasteiger partial charge on any atom is 0 e. The van der Waals surface area contributed by atoms with Crippen LogP contribution in [-0.4, -0.2) is 52.1 Å². The molecule has 0 saturated heterocycles. The molecule has 0 atom stereocenters. The molecule has 0 bridgehead atoms. The van der Waals surface area contributed by atoms with Crippen molar-refractivity contribution in [1.29, 1.82) is 0 Å². The van der Waals surface area contributed by atoms with E-state index in [0.29, 0.717) is 0 Å². The first-order chi connectivity index (χ1) is 0. The molecular formula is H9Al3Pt2. The maximum absolute atomic E-state index is 0. The van der Waals surface area contributed by atoms with E-state index in [1.165, 1.54) is 0 Å². The van der Waals surface area contributed by atoms with Crippen LogP contribution in [-0.2, 0) is 42.1 Å². The van der Waals surface area contributed by atoms with Crippen molar-refractivity contribution in [3.8, 4) is 0 Å². The Balaban J connectivity index is 0. The van der Waals surface area contributed by atoms with Crippen molar-refractivity contribution in [3.63, 3.8) is 0 Å². The molecule has 5 heteroatoms. The summed E-state index contributed by atoms with van der Waals surface area (Å²) < 4.78 is 0. The van der Waals surface area contributed by atoms with Crippen LogP contribution in [0.5, 0.6) is 0 Å². The normalized spacial score (nSPS) is 0. The smallest absolute Gasteiger partial charge is 0 e. The zero-order valence-electron chi connectivity index (χ0n) is 0.632. The van der Waals surface area contributed by atoms with Gasteiger partial charge in [0.25, 0.3) is 0 Å². The molecule has 0 aromatic rings. The summed E-state index contributed by atoms with van der Waals surface area (Å²) in [7, 11) is 0. The first-order valence-corrected chi connectivity index (χ1v) is 0. The fourth-order valence-corrected chi connectivity index (χ4v) is 0. The van der Waals surface area contributed by atoms with Crippen LogP contribution in [0.4, 0.5) is 0 Å². The van der Waals surface area contributed by atoms with Gasteiger partial charge < -0.3 is 0 Å². The molecule has 5 heavy (non-hydrogen) atoms. The van der Waals surface area contributed by atoms with Gasteiger partial charge in [0.2, 0.25) is 0 Å². The molecule has 38 valence electrons. The van der Waals surface area contributed by atoms with Crippen LogP contribution < -0.4 is 0 Å². The van der Waals surface area contributed by atoms with E-state index in [0.717, 1.165) is 0 Å². The second-order valence-corrected chi connectivity index (χ2v) is 0. The molecular weight excluding hydrogens is 471 g/mol. The van der Waals surface area contributed by atoms with E-state index in [-0.39, 0.29) is 94.2 Å². The monoisotopic (exact) mass is 480 g/mol. The Bertz CT molecular complexity index is 4.85. The summed E-state index contributed by atoms with van der Waals surface area (Å²) in [6, 6.07) is 0. The number of hydrogen-bond donors (Lipinski definition) is 0. The third-order valence-electron chi connectivity index (χ3n) is 0. The van der Waals surface area contributed by atoms with Gasteiger partial charge in [-0.15, -0.1) is 0 Å². The van der Waals surface area contributed by atoms with Crippen molar-refractivity contribution < 1.29 is 42.1 Å². The van der Waals surface area contributed by atoms with Gasteiger partial charge in [-0.05, 0) is 0 Å². The Kier molecular flexibility index (Phi) is 247. The summed E-state index contributed by atoms with van der Waals surface area (Å²) in [5.74, 6) is 0. The molecule has 0 aliphatic rings. The maximum Gasteiger partial charge on any atom is 0.187 e. The van der Waals surface area contributed by atoms with E-state index >= 15 is 0 Å². The van der Waals surface area contributed by atoms with E-state index in [4.69, 9.17) is 0 Å². The van der Waals surface area contributed by atoms with Crippen LogP contribution in [0.25, 0.3) is 0 Å². The van der Waals surface area contributed by atoms with Crippen molar-refractivity contribution >= 4 is 52.1 Å². The van der Waals surface area contributed by atoms with Crippen molar-refractivity contribution in [3.05, 3.63) is 0 Å². The fraction of sp³-hybridized carbons (Fsp3) is 0. The molecule has 0 aliphatic carbocycles. The largest absolute Gasteiger partial charge is 0.187 e. The molecule has 0 heterocycles. The van der Waals surface area contributed by atoms with Gasteiger partial charge in [-0.25, -0.2) is 0 Å².